The van der Waals surface area contributed by atoms with E-state index in [2.05, 4.69) is 15.5 Å². The van der Waals surface area contributed by atoms with Crippen LogP contribution in [0.2, 0.25) is 0 Å². The number of nitrogens with one attached hydrogen (secondary N) is 2. The molecule has 0 unspecified atom stereocenters. The predicted molar refractivity (Wildman–Crippen MR) is 97.1 cm³/mol. The Balaban J connectivity index is 1.38. The van der Waals surface area contributed by atoms with Crippen molar-refractivity contribution in [1.29, 1.82) is 0 Å². The maximum absolute atomic E-state index is 12.3. The summed E-state index contributed by atoms with van der Waals surface area (Å²) in [5, 5.41) is 5.45. The van der Waals surface area contributed by atoms with E-state index in [1.807, 2.05) is 0 Å². The molecule has 1 spiro atoms. The van der Waals surface area contributed by atoms with Crippen molar-refractivity contribution in [3.8, 4) is 0 Å². The van der Waals surface area contributed by atoms with E-state index in [1.165, 1.54) is 0 Å². The van der Waals surface area contributed by atoms with Gasteiger partial charge in [0, 0.05) is 37.3 Å². The van der Waals surface area contributed by atoms with E-state index in [0.717, 1.165) is 38.9 Å². The van der Waals surface area contributed by atoms with Crippen LogP contribution in [0.25, 0.3) is 0 Å². The summed E-state index contributed by atoms with van der Waals surface area (Å²) in [5.74, 6) is 0.0843. The lowest BCUT2D eigenvalue weighted by Gasteiger charge is -2.43. The third kappa shape index (κ3) is 4.68. The summed E-state index contributed by atoms with van der Waals surface area (Å²) in [6, 6.07) is 6.95. The van der Waals surface area contributed by atoms with Crippen LogP contribution in [0, 0.1) is 0 Å². The first-order chi connectivity index (χ1) is 12.6. The molecule has 1 aromatic carbocycles. The van der Waals surface area contributed by atoms with Crippen molar-refractivity contribution in [2.24, 2.45) is 0 Å². The van der Waals surface area contributed by atoms with E-state index in [0.29, 0.717) is 30.6 Å². The number of benzene rings is 1. The maximum atomic E-state index is 12.3. The number of carbonyl (C=O) groups excluding carboxylic acids is 3. The molecular formula is C19H25N3O4. The first kappa shape index (κ1) is 18.5. The van der Waals surface area contributed by atoms with Crippen LogP contribution in [-0.4, -0.2) is 61.4 Å². The van der Waals surface area contributed by atoms with Crippen LogP contribution < -0.4 is 10.6 Å². The third-order valence-electron chi connectivity index (χ3n) is 5.20. The van der Waals surface area contributed by atoms with Gasteiger partial charge in [-0.15, -0.1) is 0 Å². The van der Waals surface area contributed by atoms with Gasteiger partial charge in [0.15, 0.2) is 5.78 Å². The quantitative estimate of drug-likeness (QED) is 0.564. The second-order valence-electron chi connectivity index (χ2n) is 6.96. The fourth-order valence-corrected chi connectivity index (χ4v) is 3.51. The summed E-state index contributed by atoms with van der Waals surface area (Å²) < 4.78 is 5.77. The number of hydrogen-bond acceptors (Lipinski definition) is 5. The first-order valence-electron chi connectivity index (χ1n) is 9.07. The highest BCUT2D eigenvalue weighted by molar-refractivity contribution is 5.96. The zero-order chi connectivity index (χ0) is 18.4. The van der Waals surface area contributed by atoms with Gasteiger partial charge in [-0.25, -0.2) is 0 Å². The Morgan fingerprint density at radius 3 is 2.62 bits per heavy atom. The molecule has 0 aromatic heterocycles. The average Bonchev–Trinajstić information content (AvgIpc) is 2.67. The average molecular weight is 359 g/mol. The smallest absolute Gasteiger partial charge is 0.246 e. The number of likely N-dealkylation sites (tertiary alicyclic amines) is 1. The molecule has 2 aliphatic rings. The maximum Gasteiger partial charge on any atom is 0.246 e. The SMILES string of the molecule is O=CNc1ccc(C(=O)CCCN2CCC3(CC2)CNC(=O)CO3)cc1. The molecule has 0 aliphatic carbocycles. The molecule has 26 heavy (non-hydrogen) atoms. The van der Waals surface area contributed by atoms with Crippen molar-refractivity contribution in [2.75, 3.05) is 38.1 Å². The standard InChI is InChI=1S/C19H25N3O4/c23-14-21-16-5-3-15(4-6-16)17(24)2-1-9-22-10-7-19(8-11-22)13-20-18(25)12-26-19/h3-6,14H,1-2,7-13H2,(H,20,25)(H,21,23). The monoisotopic (exact) mass is 359 g/mol. The second-order valence-corrected chi connectivity index (χ2v) is 6.96. The van der Waals surface area contributed by atoms with Gasteiger partial charge in [-0.2, -0.15) is 0 Å². The zero-order valence-corrected chi connectivity index (χ0v) is 14.8. The van der Waals surface area contributed by atoms with Gasteiger partial charge in [-0.3, -0.25) is 14.4 Å². The number of morpholine rings is 1. The van der Waals surface area contributed by atoms with Crippen molar-refractivity contribution >= 4 is 23.8 Å². The third-order valence-corrected chi connectivity index (χ3v) is 5.20. The van der Waals surface area contributed by atoms with Crippen molar-refractivity contribution in [3.63, 3.8) is 0 Å². The van der Waals surface area contributed by atoms with Crippen LogP contribution in [0.15, 0.2) is 24.3 Å². The zero-order valence-electron chi connectivity index (χ0n) is 14.8. The molecular weight excluding hydrogens is 334 g/mol. The summed E-state index contributed by atoms with van der Waals surface area (Å²) in [5.41, 5.74) is 1.16. The molecule has 0 bridgehead atoms. The van der Waals surface area contributed by atoms with E-state index in [9.17, 15) is 14.4 Å². The molecule has 140 valence electrons. The molecule has 2 aliphatic heterocycles. The molecule has 2 N–H and O–H groups in total. The highest BCUT2D eigenvalue weighted by Gasteiger charge is 2.38. The molecule has 7 nitrogen and oxygen atoms in total. The van der Waals surface area contributed by atoms with Gasteiger partial charge in [-0.1, -0.05) is 0 Å². The largest absolute Gasteiger partial charge is 0.363 e. The molecule has 7 heteroatoms. The van der Waals surface area contributed by atoms with Gasteiger partial charge in [-0.05, 0) is 50.1 Å². The van der Waals surface area contributed by atoms with Crippen molar-refractivity contribution < 1.29 is 19.1 Å². The lowest BCUT2D eigenvalue weighted by atomic mass is 9.90. The first-order valence-corrected chi connectivity index (χ1v) is 9.07. The van der Waals surface area contributed by atoms with Crippen LogP contribution in [0.3, 0.4) is 0 Å². The van der Waals surface area contributed by atoms with Crippen LogP contribution in [-0.2, 0) is 14.3 Å². The Bertz CT molecular complexity index is 639. The Kier molecular flexibility index (Phi) is 6.00. The highest BCUT2D eigenvalue weighted by atomic mass is 16.5. The second kappa shape index (κ2) is 8.42. The minimum Gasteiger partial charge on any atom is -0.363 e. The molecule has 2 heterocycles. The Morgan fingerprint density at radius 1 is 1.27 bits per heavy atom. The lowest BCUT2D eigenvalue weighted by Crippen LogP contribution is -2.57. The fourth-order valence-electron chi connectivity index (χ4n) is 3.51. The van der Waals surface area contributed by atoms with Gasteiger partial charge in [0.25, 0.3) is 0 Å². The number of ether oxygens (including phenoxy) is 1. The molecule has 3 rings (SSSR count). The molecule has 2 amide bonds. The number of Topliss-reactive ketones (excluding diaryl/α,β-unsaturated/α-hetero) is 1. The van der Waals surface area contributed by atoms with Gasteiger partial charge in [0.05, 0.1) is 5.60 Å². The van der Waals surface area contributed by atoms with E-state index < -0.39 is 0 Å². The summed E-state index contributed by atoms with van der Waals surface area (Å²) in [7, 11) is 0. The molecule has 0 saturated carbocycles. The summed E-state index contributed by atoms with van der Waals surface area (Å²) >= 11 is 0. The van der Waals surface area contributed by atoms with Gasteiger partial charge < -0.3 is 20.3 Å². The minimum absolute atomic E-state index is 0.0356. The summed E-state index contributed by atoms with van der Waals surface area (Å²) in [4.78, 5) is 36.2. The fraction of sp³-hybridized carbons (Fsp3) is 0.526. The van der Waals surface area contributed by atoms with E-state index >= 15 is 0 Å². The Labute approximate surface area is 153 Å². The van der Waals surface area contributed by atoms with E-state index in [-0.39, 0.29) is 23.9 Å². The van der Waals surface area contributed by atoms with Crippen molar-refractivity contribution in [2.45, 2.75) is 31.3 Å². The number of carbonyl (C=O) groups is 3. The van der Waals surface area contributed by atoms with Crippen LogP contribution in [0.5, 0.6) is 0 Å². The van der Waals surface area contributed by atoms with Gasteiger partial charge in [0.2, 0.25) is 12.3 Å². The van der Waals surface area contributed by atoms with Gasteiger partial charge >= 0.3 is 0 Å². The predicted octanol–water partition coefficient (Wildman–Crippen LogP) is 1.20. The number of amides is 2. The van der Waals surface area contributed by atoms with Crippen LogP contribution in [0.4, 0.5) is 5.69 Å². The topological polar surface area (TPSA) is 87.7 Å². The number of rotatable bonds is 7. The molecule has 0 atom stereocenters. The number of piperidine rings is 1. The number of nitrogens with zero attached hydrogens (tertiary/aromatic N) is 1. The van der Waals surface area contributed by atoms with Gasteiger partial charge in [0.1, 0.15) is 6.61 Å². The van der Waals surface area contributed by atoms with Crippen LogP contribution >= 0.6 is 0 Å². The van der Waals surface area contributed by atoms with Crippen LogP contribution in [0.1, 0.15) is 36.0 Å². The highest BCUT2D eigenvalue weighted by Crippen LogP contribution is 2.27. The minimum atomic E-state index is -0.197. The number of hydrogen-bond donors (Lipinski definition) is 2. The summed E-state index contributed by atoms with van der Waals surface area (Å²) in [6.07, 6.45) is 3.76. The molecule has 1 aromatic rings. The Morgan fingerprint density at radius 2 is 2.00 bits per heavy atom. The van der Waals surface area contributed by atoms with E-state index in [4.69, 9.17) is 4.74 Å². The van der Waals surface area contributed by atoms with Crippen molar-refractivity contribution in [3.05, 3.63) is 29.8 Å². The normalized spacial score (nSPS) is 19.8. The number of anilines is 1. The molecule has 0 radical (unpaired) electrons. The number of ketones is 1. The lowest BCUT2D eigenvalue weighted by molar-refractivity contribution is -0.150. The van der Waals surface area contributed by atoms with E-state index in [1.54, 1.807) is 24.3 Å². The molecule has 2 fully saturated rings. The van der Waals surface area contributed by atoms with Crippen molar-refractivity contribution in [1.82, 2.24) is 10.2 Å². The summed E-state index contributed by atoms with van der Waals surface area (Å²) in [6.45, 7) is 3.51. The molecule has 2 saturated heterocycles. The Hall–Kier alpha value is -2.25.